The Morgan fingerprint density at radius 2 is 1.91 bits per heavy atom. The number of ether oxygens (including phenoxy) is 2. The first-order valence-corrected chi connectivity index (χ1v) is 10.4. The molecule has 0 fully saturated rings. The molecule has 7 heteroatoms. The van der Waals surface area contributed by atoms with Crippen molar-refractivity contribution in [1.82, 2.24) is 10.2 Å². The van der Waals surface area contributed by atoms with Crippen LogP contribution in [-0.4, -0.2) is 48.2 Å². The van der Waals surface area contributed by atoms with Gasteiger partial charge >= 0.3 is 12.0 Å². The van der Waals surface area contributed by atoms with E-state index in [4.69, 9.17) is 9.47 Å². The molecule has 2 aromatic rings. The van der Waals surface area contributed by atoms with Gasteiger partial charge in [-0.05, 0) is 47.9 Å². The Balaban J connectivity index is 1.41. The molecule has 2 amide bonds. The highest BCUT2D eigenvalue weighted by Gasteiger charge is 2.40. The van der Waals surface area contributed by atoms with Gasteiger partial charge in [0.05, 0.1) is 5.56 Å². The van der Waals surface area contributed by atoms with Crippen molar-refractivity contribution >= 4 is 18.3 Å². The molecule has 0 saturated heterocycles. The molecule has 0 spiro atoms. The van der Waals surface area contributed by atoms with Crippen LogP contribution in [-0.2, 0) is 14.3 Å². The second-order valence-corrected chi connectivity index (χ2v) is 7.86. The molecule has 0 aliphatic carbocycles. The van der Waals surface area contributed by atoms with Gasteiger partial charge in [-0.15, -0.1) is 0 Å². The molecular weight excluding hydrogens is 408 g/mol. The average molecular weight is 432 g/mol. The van der Waals surface area contributed by atoms with Crippen LogP contribution in [0.4, 0.5) is 4.79 Å². The molecule has 2 aromatic carbocycles. The van der Waals surface area contributed by atoms with Crippen LogP contribution in [0, 0.1) is 0 Å². The summed E-state index contributed by atoms with van der Waals surface area (Å²) in [6.07, 6.45) is 5.12. The summed E-state index contributed by atoms with van der Waals surface area (Å²) < 4.78 is 11.5. The highest BCUT2D eigenvalue weighted by Crippen LogP contribution is 2.30. The van der Waals surface area contributed by atoms with E-state index in [0.717, 1.165) is 16.7 Å². The highest BCUT2D eigenvalue weighted by atomic mass is 16.6. The lowest BCUT2D eigenvalue weighted by Crippen LogP contribution is -2.48. The quantitative estimate of drug-likeness (QED) is 0.410. The summed E-state index contributed by atoms with van der Waals surface area (Å²) in [4.78, 5) is 37.5. The monoisotopic (exact) mass is 432 g/mol. The van der Waals surface area contributed by atoms with Crippen LogP contribution in [0.1, 0.15) is 23.7 Å². The normalized spacial score (nSPS) is 22.3. The van der Waals surface area contributed by atoms with Gasteiger partial charge in [-0.3, -0.25) is 4.90 Å². The first kappa shape index (κ1) is 21.5. The van der Waals surface area contributed by atoms with Gasteiger partial charge in [0.2, 0.25) is 0 Å². The van der Waals surface area contributed by atoms with E-state index < -0.39 is 17.8 Å². The summed E-state index contributed by atoms with van der Waals surface area (Å²) in [7, 11) is 0. The molecule has 1 N–H and O–H groups in total. The van der Waals surface area contributed by atoms with Gasteiger partial charge in [-0.2, -0.15) is 0 Å². The predicted octanol–water partition coefficient (Wildman–Crippen LogP) is 3.68. The highest BCUT2D eigenvalue weighted by molar-refractivity contribution is 5.90. The van der Waals surface area contributed by atoms with Crippen molar-refractivity contribution in [2.45, 2.75) is 25.2 Å². The van der Waals surface area contributed by atoms with Gasteiger partial charge in [-0.25, -0.2) is 9.59 Å². The number of benzene rings is 2. The number of carbonyl (C=O) groups excluding carboxylic acids is 3. The van der Waals surface area contributed by atoms with Crippen LogP contribution in [0.3, 0.4) is 0 Å². The Bertz CT molecular complexity index is 1060. The molecule has 0 saturated carbocycles. The number of nitrogens with one attached hydrogen (secondary N) is 1. The summed E-state index contributed by atoms with van der Waals surface area (Å²) in [5, 5.41) is 2.76. The smallest absolute Gasteiger partial charge is 0.338 e. The number of aldehydes is 1. The van der Waals surface area contributed by atoms with E-state index in [9.17, 15) is 14.4 Å². The molecule has 0 radical (unpaired) electrons. The van der Waals surface area contributed by atoms with Crippen molar-refractivity contribution in [1.29, 1.82) is 0 Å². The van der Waals surface area contributed by atoms with E-state index in [1.54, 1.807) is 30.5 Å². The molecule has 0 bridgehead atoms. The van der Waals surface area contributed by atoms with E-state index in [1.165, 1.54) is 4.90 Å². The molecule has 2 aliphatic heterocycles. The standard InChI is InChI=1S/C25H24N2O5/c1-18-15-26-24(30)27(16-18)22-11-12-25(32-22,13-14-28)17-31-23(29)21-9-7-20(8-10-21)19-5-3-2-4-6-19/h2-12,14,16,22H,13,15,17H2,1H3,(H,26,30)/t22-,25-/m1/s1. The minimum absolute atomic E-state index is 0.00161. The van der Waals surface area contributed by atoms with Crippen LogP contribution in [0.5, 0.6) is 0 Å². The van der Waals surface area contributed by atoms with Gasteiger partial charge in [0.15, 0.2) is 6.23 Å². The average Bonchev–Trinajstić information content (AvgIpc) is 3.24. The second-order valence-electron chi connectivity index (χ2n) is 7.86. The third kappa shape index (κ3) is 4.63. The number of hydrogen-bond acceptors (Lipinski definition) is 5. The second kappa shape index (κ2) is 9.20. The zero-order valence-corrected chi connectivity index (χ0v) is 17.7. The number of urea groups is 1. The topological polar surface area (TPSA) is 84.9 Å². The number of nitrogens with zero attached hydrogens (tertiary/aromatic N) is 1. The Hall–Kier alpha value is -3.71. The van der Waals surface area contributed by atoms with Crippen LogP contribution >= 0.6 is 0 Å². The number of hydrogen-bond donors (Lipinski definition) is 1. The zero-order chi connectivity index (χ0) is 22.6. The van der Waals surface area contributed by atoms with E-state index in [-0.39, 0.29) is 19.1 Å². The molecule has 2 aliphatic rings. The summed E-state index contributed by atoms with van der Waals surface area (Å²) in [6, 6.07) is 16.7. The predicted molar refractivity (Wildman–Crippen MR) is 119 cm³/mol. The lowest BCUT2D eigenvalue weighted by atomic mass is 10.0. The van der Waals surface area contributed by atoms with E-state index in [0.29, 0.717) is 18.4 Å². The Morgan fingerprint density at radius 1 is 1.19 bits per heavy atom. The number of amides is 2. The van der Waals surface area contributed by atoms with Crippen LogP contribution < -0.4 is 5.32 Å². The van der Waals surface area contributed by atoms with Crippen LogP contribution in [0.25, 0.3) is 11.1 Å². The van der Waals surface area contributed by atoms with E-state index in [1.807, 2.05) is 49.4 Å². The maximum Gasteiger partial charge on any atom is 0.338 e. The lowest BCUT2D eigenvalue weighted by molar-refractivity contribution is -0.122. The van der Waals surface area contributed by atoms with Crippen LogP contribution in [0.15, 0.2) is 78.5 Å². The molecule has 0 aromatic heterocycles. The fourth-order valence-corrected chi connectivity index (χ4v) is 3.66. The van der Waals surface area contributed by atoms with Gasteiger partial charge in [0.25, 0.3) is 0 Å². The van der Waals surface area contributed by atoms with E-state index >= 15 is 0 Å². The maximum absolute atomic E-state index is 12.6. The van der Waals surface area contributed by atoms with Gasteiger partial charge in [0.1, 0.15) is 18.5 Å². The fourth-order valence-electron chi connectivity index (χ4n) is 3.66. The number of carbonyl (C=O) groups is 3. The third-order valence-corrected chi connectivity index (χ3v) is 5.41. The molecule has 164 valence electrons. The summed E-state index contributed by atoms with van der Waals surface area (Å²) in [6.45, 7) is 2.23. The summed E-state index contributed by atoms with van der Waals surface area (Å²) in [5.74, 6) is -0.512. The Morgan fingerprint density at radius 3 is 2.62 bits per heavy atom. The number of esters is 1. The first-order valence-electron chi connectivity index (χ1n) is 10.4. The van der Waals surface area contributed by atoms with Gasteiger partial charge in [0, 0.05) is 19.2 Å². The van der Waals surface area contributed by atoms with Crippen molar-refractivity contribution < 1.29 is 23.9 Å². The van der Waals surface area contributed by atoms with Crippen molar-refractivity contribution in [2.24, 2.45) is 0 Å². The molecule has 7 nitrogen and oxygen atoms in total. The summed E-state index contributed by atoms with van der Waals surface area (Å²) >= 11 is 0. The van der Waals surface area contributed by atoms with Crippen molar-refractivity contribution in [3.05, 3.63) is 84.1 Å². The fraction of sp³-hybridized carbons (Fsp3) is 0.240. The largest absolute Gasteiger partial charge is 0.459 e. The summed E-state index contributed by atoms with van der Waals surface area (Å²) in [5.41, 5.74) is 2.30. The molecule has 2 heterocycles. The van der Waals surface area contributed by atoms with Crippen molar-refractivity contribution in [3.8, 4) is 11.1 Å². The SMILES string of the molecule is CC1=CN([C@H]2C=C[C@@](CC=O)(COC(=O)c3ccc(-c4ccccc4)cc3)O2)C(=O)NC1. The molecular formula is C25H24N2O5. The minimum Gasteiger partial charge on any atom is -0.459 e. The molecule has 4 rings (SSSR count). The Labute approximate surface area is 186 Å². The molecule has 2 atom stereocenters. The van der Waals surface area contributed by atoms with Gasteiger partial charge < -0.3 is 19.6 Å². The first-order chi connectivity index (χ1) is 15.5. The number of rotatable bonds is 7. The van der Waals surface area contributed by atoms with Crippen molar-refractivity contribution in [3.63, 3.8) is 0 Å². The van der Waals surface area contributed by atoms with E-state index in [2.05, 4.69) is 5.32 Å². The molecule has 0 unspecified atom stereocenters. The Kier molecular flexibility index (Phi) is 6.18. The maximum atomic E-state index is 12.6. The lowest BCUT2D eigenvalue weighted by Gasteiger charge is -2.33. The molecule has 32 heavy (non-hydrogen) atoms. The van der Waals surface area contributed by atoms with Crippen molar-refractivity contribution in [2.75, 3.05) is 13.2 Å². The minimum atomic E-state index is -1.12. The zero-order valence-electron chi connectivity index (χ0n) is 17.7. The van der Waals surface area contributed by atoms with Crippen LogP contribution in [0.2, 0.25) is 0 Å². The van der Waals surface area contributed by atoms with Gasteiger partial charge in [-0.1, -0.05) is 42.5 Å². The third-order valence-electron chi connectivity index (χ3n) is 5.41.